The van der Waals surface area contributed by atoms with Gasteiger partial charge < -0.3 is 10.5 Å². The largest absolute Gasteiger partial charge is 0.494 e. The number of nitriles is 1. The van der Waals surface area contributed by atoms with Crippen LogP contribution in [0.25, 0.3) is 0 Å². The van der Waals surface area contributed by atoms with Crippen molar-refractivity contribution in [3.05, 3.63) is 23.5 Å². The number of nitrogens with zero attached hydrogens (tertiary/aromatic N) is 1. The van der Waals surface area contributed by atoms with Crippen molar-refractivity contribution in [2.75, 3.05) is 12.8 Å². The van der Waals surface area contributed by atoms with Crippen molar-refractivity contribution in [3.63, 3.8) is 0 Å². The summed E-state index contributed by atoms with van der Waals surface area (Å²) >= 11 is 0. The Hall–Kier alpha value is -1.76. The third kappa shape index (κ3) is 1.30. The number of nitrogen functional groups attached to an aromatic ring is 1. The van der Waals surface area contributed by atoms with Crippen LogP contribution in [-0.2, 0) is 0 Å². The molecule has 62 valence electrons. The van der Waals surface area contributed by atoms with Gasteiger partial charge in [-0.25, -0.2) is 4.39 Å². The van der Waals surface area contributed by atoms with Gasteiger partial charge >= 0.3 is 0 Å². The molecule has 12 heavy (non-hydrogen) atoms. The van der Waals surface area contributed by atoms with Gasteiger partial charge in [0.15, 0.2) is 11.6 Å². The van der Waals surface area contributed by atoms with Crippen LogP contribution in [0, 0.1) is 17.1 Å². The Morgan fingerprint density at radius 2 is 2.25 bits per heavy atom. The molecule has 0 aromatic heterocycles. The molecule has 0 amide bonds. The Bertz CT molecular complexity index is 344. The summed E-state index contributed by atoms with van der Waals surface area (Å²) in [5.41, 5.74) is 5.67. The smallest absolute Gasteiger partial charge is 0.167 e. The molecule has 2 N–H and O–H groups in total. The number of anilines is 1. The van der Waals surface area contributed by atoms with Crippen molar-refractivity contribution in [3.8, 4) is 11.8 Å². The Morgan fingerprint density at radius 1 is 1.58 bits per heavy atom. The van der Waals surface area contributed by atoms with E-state index in [1.54, 1.807) is 0 Å². The van der Waals surface area contributed by atoms with E-state index in [2.05, 4.69) is 4.74 Å². The van der Waals surface area contributed by atoms with E-state index in [1.807, 2.05) is 6.07 Å². The molecule has 0 radical (unpaired) electrons. The average molecular weight is 166 g/mol. The highest BCUT2D eigenvalue weighted by Gasteiger charge is 2.06. The molecule has 0 fully saturated rings. The van der Waals surface area contributed by atoms with Crippen molar-refractivity contribution in [2.24, 2.45) is 0 Å². The molecule has 0 saturated heterocycles. The summed E-state index contributed by atoms with van der Waals surface area (Å²) in [5, 5.41) is 8.52. The van der Waals surface area contributed by atoms with E-state index in [9.17, 15) is 4.39 Å². The van der Waals surface area contributed by atoms with Crippen LogP contribution in [0.5, 0.6) is 5.75 Å². The summed E-state index contributed by atoms with van der Waals surface area (Å²) in [6.45, 7) is 0. The highest BCUT2D eigenvalue weighted by Crippen LogP contribution is 2.22. The molecule has 3 nitrogen and oxygen atoms in total. The molecule has 0 atom stereocenters. The lowest BCUT2D eigenvalue weighted by Crippen LogP contribution is -1.95. The Kier molecular flexibility index (Phi) is 2.15. The quantitative estimate of drug-likeness (QED) is 0.639. The first-order chi connectivity index (χ1) is 5.69. The zero-order chi connectivity index (χ0) is 9.14. The van der Waals surface area contributed by atoms with Gasteiger partial charge in [0.2, 0.25) is 0 Å². The topological polar surface area (TPSA) is 59.0 Å². The van der Waals surface area contributed by atoms with Gasteiger partial charge in [-0.15, -0.1) is 0 Å². The normalized spacial score (nSPS) is 9.08. The fourth-order valence-electron chi connectivity index (χ4n) is 0.822. The summed E-state index contributed by atoms with van der Waals surface area (Å²) < 4.78 is 17.5. The summed E-state index contributed by atoms with van der Waals surface area (Å²) in [4.78, 5) is 0. The van der Waals surface area contributed by atoms with Crippen LogP contribution in [0.2, 0.25) is 0 Å². The molecular weight excluding hydrogens is 159 g/mol. The predicted octanol–water partition coefficient (Wildman–Crippen LogP) is 1.29. The Morgan fingerprint density at radius 3 is 2.75 bits per heavy atom. The second-order valence-electron chi connectivity index (χ2n) is 2.19. The number of methoxy groups -OCH3 is 1. The van der Waals surface area contributed by atoms with Crippen molar-refractivity contribution in [1.29, 1.82) is 5.26 Å². The van der Waals surface area contributed by atoms with Crippen molar-refractivity contribution in [1.82, 2.24) is 0 Å². The van der Waals surface area contributed by atoms with Gasteiger partial charge in [0.25, 0.3) is 0 Å². The molecule has 0 spiro atoms. The number of hydrogen-bond acceptors (Lipinski definition) is 3. The minimum Gasteiger partial charge on any atom is -0.494 e. The van der Waals surface area contributed by atoms with Crippen molar-refractivity contribution in [2.45, 2.75) is 0 Å². The molecule has 0 unspecified atom stereocenters. The zero-order valence-electron chi connectivity index (χ0n) is 6.47. The van der Waals surface area contributed by atoms with Gasteiger partial charge in [0.05, 0.1) is 18.4 Å². The lowest BCUT2D eigenvalue weighted by atomic mass is 10.2. The second-order valence-corrected chi connectivity index (χ2v) is 2.19. The van der Waals surface area contributed by atoms with Gasteiger partial charge in [-0.3, -0.25) is 0 Å². The molecule has 0 bridgehead atoms. The van der Waals surface area contributed by atoms with Crippen LogP contribution in [0.1, 0.15) is 5.56 Å². The minimum absolute atomic E-state index is 0.0285. The van der Waals surface area contributed by atoms with Crippen LogP contribution in [0.3, 0.4) is 0 Å². The fourth-order valence-corrected chi connectivity index (χ4v) is 0.822. The molecule has 0 saturated carbocycles. The highest BCUT2D eigenvalue weighted by atomic mass is 19.1. The predicted molar refractivity (Wildman–Crippen MR) is 42.1 cm³/mol. The van der Waals surface area contributed by atoms with Crippen molar-refractivity contribution < 1.29 is 9.13 Å². The molecule has 1 rings (SSSR count). The summed E-state index contributed by atoms with van der Waals surface area (Å²) in [6, 6.07) is 4.16. The lowest BCUT2D eigenvalue weighted by molar-refractivity contribution is 0.386. The first-order valence-corrected chi connectivity index (χ1v) is 3.22. The third-order valence-electron chi connectivity index (χ3n) is 1.44. The molecule has 1 aromatic rings. The highest BCUT2D eigenvalue weighted by molar-refractivity contribution is 5.57. The van der Waals surface area contributed by atoms with E-state index in [0.29, 0.717) is 0 Å². The molecule has 0 heterocycles. The molecule has 0 aliphatic heterocycles. The fraction of sp³-hybridized carbons (Fsp3) is 0.125. The zero-order valence-corrected chi connectivity index (χ0v) is 6.47. The van der Waals surface area contributed by atoms with Crippen LogP contribution in [-0.4, -0.2) is 7.11 Å². The summed E-state index contributed by atoms with van der Waals surface area (Å²) in [5.74, 6) is -0.533. The maximum atomic E-state index is 12.9. The monoisotopic (exact) mass is 166 g/mol. The number of rotatable bonds is 1. The van der Waals surface area contributed by atoms with Crippen LogP contribution in [0.15, 0.2) is 12.1 Å². The Labute approximate surface area is 69.2 Å². The van der Waals surface area contributed by atoms with E-state index >= 15 is 0 Å². The van der Waals surface area contributed by atoms with E-state index in [1.165, 1.54) is 13.2 Å². The maximum Gasteiger partial charge on any atom is 0.167 e. The SMILES string of the molecule is COc1cc(C#N)c(N)cc1F. The molecule has 1 aromatic carbocycles. The maximum absolute atomic E-state index is 12.9. The van der Waals surface area contributed by atoms with Crippen LogP contribution < -0.4 is 10.5 Å². The Balaban J connectivity index is 3.30. The number of halogens is 1. The van der Waals surface area contributed by atoms with E-state index in [0.717, 1.165) is 6.07 Å². The summed E-state index contributed by atoms with van der Waals surface area (Å²) in [7, 11) is 1.33. The van der Waals surface area contributed by atoms with Gasteiger partial charge in [-0.05, 0) is 0 Å². The number of hydrogen-bond donors (Lipinski definition) is 1. The van der Waals surface area contributed by atoms with Crippen molar-refractivity contribution >= 4 is 5.69 Å². The molecule has 4 heteroatoms. The standard InChI is InChI=1S/C8H7FN2O/c1-12-8-2-5(4-10)7(11)3-6(8)9/h2-3H,11H2,1H3. The van der Waals surface area contributed by atoms with E-state index in [4.69, 9.17) is 11.0 Å². The van der Waals surface area contributed by atoms with Gasteiger partial charge in [0, 0.05) is 12.1 Å². The third-order valence-corrected chi connectivity index (χ3v) is 1.44. The molecular formula is C8H7FN2O. The van der Waals surface area contributed by atoms with Crippen LogP contribution in [0.4, 0.5) is 10.1 Å². The first kappa shape index (κ1) is 8.34. The van der Waals surface area contributed by atoms with Gasteiger partial charge in [-0.1, -0.05) is 0 Å². The molecule has 0 aliphatic rings. The molecule has 0 aliphatic carbocycles. The average Bonchev–Trinajstić information content (AvgIpc) is 2.05. The lowest BCUT2D eigenvalue weighted by Gasteiger charge is -2.03. The van der Waals surface area contributed by atoms with E-state index < -0.39 is 5.82 Å². The van der Waals surface area contributed by atoms with Gasteiger partial charge in [0.1, 0.15) is 6.07 Å². The first-order valence-electron chi connectivity index (χ1n) is 3.22. The van der Waals surface area contributed by atoms with Crippen LogP contribution >= 0.6 is 0 Å². The minimum atomic E-state index is -0.561. The van der Waals surface area contributed by atoms with E-state index in [-0.39, 0.29) is 17.0 Å². The summed E-state index contributed by atoms with van der Waals surface area (Å²) in [6.07, 6.45) is 0. The van der Waals surface area contributed by atoms with Gasteiger partial charge in [-0.2, -0.15) is 5.26 Å². The number of benzene rings is 1. The second kappa shape index (κ2) is 3.09. The number of ether oxygens (including phenoxy) is 1. The number of nitrogens with two attached hydrogens (primary N) is 1.